The predicted octanol–water partition coefficient (Wildman–Crippen LogP) is 3.02. The lowest BCUT2D eigenvalue weighted by Gasteiger charge is -2.11. The van der Waals surface area contributed by atoms with Crippen LogP contribution in [0.3, 0.4) is 0 Å². The molecule has 0 aliphatic rings. The number of ether oxygens (including phenoxy) is 1. The van der Waals surface area contributed by atoms with Gasteiger partial charge in [0.2, 0.25) is 0 Å². The molecular formula is C13H15Br2N3O2. The molecule has 0 spiro atoms. The second-order valence-electron chi connectivity index (χ2n) is 4.16. The van der Waals surface area contributed by atoms with E-state index < -0.39 is 0 Å². The van der Waals surface area contributed by atoms with Gasteiger partial charge < -0.3 is 15.2 Å². The Balaban J connectivity index is 2.06. The first-order valence-corrected chi connectivity index (χ1v) is 7.61. The van der Waals surface area contributed by atoms with Gasteiger partial charge in [0.05, 0.1) is 36.6 Å². The van der Waals surface area contributed by atoms with Crippen molar-refractivity contribution in [1.29, 1.82) is 0 Å². The maximum Gasteiger partial charge on any atom is 0.135 e. The zero-order valence-electron chi connectivity index (χ0n) is 10.9. The van der Waals surface area contributed by atoms with Gasteiger partial charge in [-0.1, -0.05) is 0 Å². The fourth-order valence-electron chi connectivity index (χ4n) is 1.74. The molecule has 0 atom stereocenters. The highest BCUT2D eigenvalue weighted by molar-refractivity contribution is 9.11. The number of benzene rings is 1. The highest BCUT2D eigenvalue weighted by atomic mass is 79.9. The average molecular weight is 405 g/mol. The summed E-state index contributed by atoms with van der Waals surface area (Å²) >= 11 is 6.95. The molecule has 0 aliphatic heterocycles. The summed E-state index contributed by atoms with van der Waals surface area (Å²) < 4.78 is 8.84. The minimum Gasteiger partial charge on any atom is -0.495 e. The van der Waals surface area contributed by atoms with Crippen molar-refractivity contribution in [2.45, 2.75) is 13.1 Å². The molecule has 20 heavy (non-hydrogen) atoms. The molecule has 1 heterocycles. The lowest BCUT2D eigenvalue weighted by molar-refractivity contribution is 0.269. The summed E-state index contributed by atoms with van der Waals surface area (Å²) in [4.78, 5) is 0. The number of aliphatic hydroxyl groups is 1. The quantitative estimate of drug-likeness (QED) is 0.776. The van der Waals surface area contributed by atoms with Gasteiger partial charge in [-0.05, 0) is 37.9 Å². The molecule has 108 valence electrons. The molecule has 0 amide bonds. The van der Waals surface area contributed by atoms with Gasteiger partial charge in [-0.15, -0.1) is 0 Å². The summed E-state index contributed by atoms with van der Waals surface area (Å²) in [6.45, 7) is 1.24. The fraction of sp³-hybridized carbons (Fsp3) is 0.308. The normalized spacial score (nSPS) is 10.6. The molecule has 2 N–H and O–H groups in total. The maximum atomic E-state index is 8.86. The summed E-state index contributed by atoms with van der Waals surface area (Å²) in [5.74, 6) is 0.770. The standard InChI is InChI=1S/C13H15Br2N3O2/c1-20-13-5-12(10(14)4-11(13)15)16-6-9-7-17-18(8-9)2-3-19/h4-5,7-8,16,19H,2-3,6H2,1H3. The van der Waals surface area contributed by atoms with Crippen LogP contribution in [0.4, 0.5) is 5.69 Å². The van der Waals surface area contributed by atoms with Crippen LogP contribution in [-0.2, 0) is 13.1 Å². The Morgan fingerprint density at radius 1 is 1.35 bits per heavy atom. The van der Waals surface area contributed by atoms with Gasteiger partial charge in [0.1, 0.15) is 5.75 Å². The summed E-state index contributed by atoms with van der Waals surface area (Å²) in [7, 11) is 1.64. The van der Waals surface area contributed by atoms with Gasteiger partial charge >= 0.3 is 0 Å². The topological polar surface area (TPSA) is 59.3 Å². The van der Waals surface area contributed by atoms with E-state index in [1.165, 1.54) is 0 Å². The highest BCUT2D eigenvalue weighted by Crippen LogP contribution is 2.34. The third-order valence-corrected chi connectivity index (χ3v) is 4.02. The largest absolute Gasteiger partial charge is 0.495 e. The molecule has 0 radical (unpaired) electrons. The molecular weight excluding hydrogens is 390 g/mol. The van der Waals surface area contributed by atoms with Crippen LogP contribution < -0.4 is 10.1 Å². The number of nitrogens with one attached hydrogen (secondary N) is 1. The van der Waals surface area contributed by atoms with Crippen LogP contribution in [0, 0.1) is 0 Å². The zero-order valence-corrected chi connectivity index (χ0v) is 14.1. The van der Waals surface area contributed by atoms with E-state index >= 15 is 0 Å². The van der Waals surface area contributed by atoms with E-state index in [-0.39, 0.29) is 6.61 Å². The molecule has 0 saturated carbocycles. The molecule has 5 nitrogen and oxygen atoms in total. The Bertz CT molecular complexity index is 587. The van der Waals surface area contributed by atoms with Crippen LogP contribution in [0.15, 0.2) is 33.5 Å². The van der Waals surface area contributed by atoms with E-state index in [1.807, 2.05) is 18.3 Å². The number of rotatable bonds is 6. The number of nitrogens with zero attached hydrogens (tertiary/aromatic N) is 2. The van der Waals surface area contributed by atoms with Crippen LogP contribution in [0.25, 0.3) is 0 Å². The Labute approximate surface area is 134 Å². The van der Waals surface area contributed by atoms with Crippen molar-refractivity contribution in [3.63, 3.8) is 0 Å². The minimum atomic E-state index is 0.0873. The molecule has 7 heteroatoms. The summed E-state index contributed by atoms with van der Waals surface area (Å²) in [6, 6.07) is 3.86. The van der Waals surface area contributed by atoms with Crippen LogP contribution in [0.5, 0.6) is 5.75 Å². The van der Waals surface area contributed by atoms with E-state index in [1.54, 1.807) is 18.0 Å². The van der Waals surface area contributed by atoms with Crippen molar-refractivity contribution < 1.29 is 9.84 Å². The number of hydrogen-bond acceptors (Lipinski definition) is 4. The number of aromatic nitrogens is 2. The van der Waals surface area contributed by atoms with Crippen LogP contribution >= 0.6 is 31.9 Å². The van der Waals surface area contributed by atoms with Crippen LogP contribution in [-0.4, -0.2) is 28.6 Å². The lowest BCUT2D eigenvalue weighted by Crippen LogP contribution is -2.02. The SMILES string of the molecule is COc1cc(NCc2cnn(CCO)c2)c(Br)cc1Br. The van der Waals surface area contributed by atoms with E-state index in [0.29, 0.717) is 13.1 Å². The minimum absolute atomic E-state index is 0.0873. The third-order valence-electron chi connectivity index (χ3n) is 2.74. The summed E-state index contributed by atoms with van der Waals surface area (Å²) in [6.07, 6.45) is 3.69. The first-order chi connectivity index (χ1) is 9.63. The summed E-state index contributed by atoms with van der Waals surface area (Å²) in [5.41, 5.74) is 1.99. The highest BCUT2D eigenvalue weighted by Gasteiger charge is 2.07. The van der Waals surface area contributed by atoms with Gasteiger partial charge in [0, 0.05) is 28.8 Å². The van der Waals surface area contributed by atoms with Crippen molar-refractivity contribution in [3.8, 4) is 5.75 Å². The van der Waals surface area contributed by atoms with Crippen LogP contribution in [0.1, 0.15) is 5.56 Å². The van der Waals surface area contributed by atoms with Crippen molar-refractivity contribution in [1.82, 2.24) is 9.78 Å². The van der Waals surface area contributed by atoms with Crippen LogP contribution in [0.2, 0.25) is 0 Å². The van der Waals surface area contributed by atoms with Crippen molar-refractivity contribution in [3.05, 3.63) is 39.0 Å². The predicted molar refractivity (Wildman–Crippen MR) is 85.0 cm³/mol. The summed E-state index contributed by atoms with van der Waals surface area (Å²) in [5, 5.41) is 16.3. The van der Waals surface area contributed by atoms with Gasteiger partial charge in [0.15, 0.2) is 0 Å². The Hall–Kier alpha value is -1.05. The third kappa shape index (κ3) is 3.74. The zero-order chi connectivity index (χ0) is 14.5. The molecule has 0 saturated heterocycles. The molecule has 1 aromatic heterocycles. The second kappa shape index (κ2) is 7.10. The Morgan fingerprint density at radius 2 is 2.15 bits per heavy atom. The van der Waals surface area contributed by atoms with E-state index in [9.17, 15) is 0 Å². The second-order valence-corrected chi connectivity index (χ2v) is 5.86. The molecule has 1 aromatic carbocycles. The van der Waals surface area contributed by atoms with Gasteiger partial charge in [-0.3, -0.25) is 4.68 Å². The van der Waals surface area contributed by atoms with Gasteiger partial charge in [0.25, 0.3) is 0 Å². The van der Waals surface area contributed by atoms with E-state index in [2.05, 4.69) is 42.3 Å². The number of hydrogen-bond donors (Lipinski definition) is 2. The number of methoxy groups -OCH3 is 1. The number of anilines is 1. The monoisotopic (exact) mass is 403 g/mol. The van der Waals surface area contributed by atoms with E-state index in [0.717, 1.165) is 25.9 Å². The van der Waals surface area contributed by atoms with E-state index in [4.69, 9.17) is 9.84 Å². The Morgan fingerprint density at radius 3 is 2.85 bits per heavy atom. The molecule has 2 aromatic rings. The van der Waals surface area contributed by atoms with Crippen molar-refractivity contribution >= 4 is 37.5 Å². The maximum absolute atomic E-state index is 8.86. The Kier molecular flexibility index (Phi) is 5.45. The van der Waals surface area contributed by atoms with Gasteiger partial charge in [-0.25, -0.2) is 0 Å². The number of aliphatic hydroxyl groups excluding tert-OH is 1. The molecule has 0 bridgehead atoms. The first kappa shape index (κ1) is 15.3. The molecule has 0 aliphatic carbocycles. The molecule has 2 rings (SSSR count). The smallest absolute Gasteiger partial charge is 0.135 e. The average Bonchev–Trinajstić information content (AvgIpc) is 2.86. The van der Waals surface area contributed by atoms with Gasteiger partial charge in [-0.2, -0.15) is 5.10 Å². The lowest BCUT2D eigenvalue weighted by atomic mass is 10.3. The number of halogens is 2. The van der Waals surface area contributed by atoms with Crippen molar-refractivity contribution in [2.75, 3.05) is 19.0 Å². The molecule has 0 fully saturated rings. The fourth-order valence-corrected chi connectivity index (χ4v) is 3.04. The molecule has 0 unspecified atom stereocenters. The first-order valence-electron chi connectivity index (χ1n) is 6.03. The van der Waals surface area contributed by atoms with Crippen molar-refractivity contribution in [2.24, 2.45) is 0 Å².